The molecule has 0 unspecified atom stereocenters. The molecule has 2 aliphatic rings. The van der Waals surface area contributed by atoms with Gasteiger partial charge in [0.1, 0.15) is 11.8 Å². The highest BCUT2D eigenvalue weighted by Crippen LogP contribution is 2.49. The van der Waals surface area contributed by atoms with Crippen molar-refractivity contribution < 1.29 is 14.3 Å². The molecule has 2 fully saturated rings. The van der Waals surface area contributed by atoms with Gasteiger partial charge < -0.3 is 9.58 Å². The van der Waals surface area contributed by atoms with Crippen LogP contribution < -0.4 is 4.90 Å². The molecule has 1 saturated carbocycles. The van der Waals surface area contributed by atoms with E-state index in [2.05, 4.69) is 15.2 Å². The fourth-order valence-corrected chi connectivity index (χ4v) is 3.03. The second-order valence-electron chi connectivity index (χ2n) is 6.29. The van der Waals surface area contributed by atoms with E-state index in [4.69, 9.17) is 11.3 Å². The molecule has 0 N–H and O–H groups in total. The van der Waals surface area contributed by atoms with Crippen molar-refractivity contribution in [2.24, 2.45) is 0 Å². The molecule has 4 rings (SSSR count). The lowest BCUT2D eigenvalue weighted by molar-refractivity contribution is 0.111. The Hall–Kier alpha value is -3.21. The number of ether oxygens (including phenoxy) is 1. The van der Waals surface area contributed by atoms with Gasteiger partial charge in [0.15, 0.2) is 6.29 Å². The minimum Gasteiger partial charge on any atom is -0.442 e. The summed E-state index contributed by atoms with van der Waals surface area (Å²) >= 11 is 0. The molecule has 0 bridgehead atoms. The summed E-state index contributed by atoms with van der Waals surface area (Å²) in [7, 11) is 0. The Bertz CT molecular complexity index is 863. The number of hydrogen-bond acceptors (Lipinski definition) is 5. The fraction of sp³-hybridized carbons (Fsp3) is 0.353. The lowest BCUT2D eigenvalue weighted by Crippen LogP contribution is -2.26. The molecule has 1 amide bonds. The minimum absolute atomic E-state index is 0.241. The molecule has 1 atom stereocenters. The van der Waals surface area contributed by atoms with Crippen LogP contribution in [0.2, 0.25) is 0 Å². The summed E-state index contributed by atoms with van der Waals surface area (Å²) in [6.07, 6.45) is 3.13. The third kappa shape index (κ3) is 2.74. The van der Waals surface area contributed by atoms with Gasteiger partial charge in [-0.25, -0.2) is 16.0 Å². The van der Waals surface area contributed by atoms with E-state index in [1.807, 2.05) is 24.3 Å². The lowest BCUT2D eigenvalue weighted by Gasteiger charge is -2.13. The van der Waals surface area contributed by atoms with E-state index in [1.165, 1.54) is 10.9 Å². The topological polar surface area (TPSA) is 81.7 Å². The van der Waals surface area contributed by atoms with E-state index < -0.39 is 6.09 Å². The minimum atomic E-state index is -0.417. The highest BCUT2D eigenvalue weighted by Gasteiger charge is 2.52. The summed E-state index contributed by atoms with van der Waals surface area (Å²) in [6, 6.07) is 7.53. The van der Waals surface area contributed by atoms with E-state index in [1.54, 1.807) is 4.90 Å². The number of benzene rings is 1. The number of amides is 1. The maximum atomic E-state index is 12.1. The first-order valence-corrected chi connectivity index (χ1v) is 7.96. The molecule has 2 heterocycles. The van der Waals surface area contributed by atoms with Crippen LogP contribution >= 0.6 is 0 Å². The molecular weight excluding hydrogens is 322 g/mol. The van der Waals surface area contributed by atoms with E-state index >= 15 is 0 Å². The number of hydrogen-bond donors (Lipinski definition) is 0. The van der Waals surface area contributed by atoms with Gasteiger partial charge in [-0.1, -0.05) is 5.21 Å². The molecule has 0 radical (unpaired) electrons. The first kappa shape index (κ1) is 15.3. The summed E-state index contributed by atoms with van der Waals surface area (Å²) in [5.41, 5.74) is 1.63. The number of carbonyl (C=O) groups excluding carboxylic acids is 2. The van der Waals surface area contributed by atoms with Crippen LogP contribution in [0.5, 0.6) is 0 Å². The van der Waals surface area contributed by atoms with Gasteiger partial charge >= 0.3 is 6.09 Å². The summed E-state index contributed by atoms with van der Waals surface area (Å²) in [4.78, 5) is 28.1. The Morgan fingerprint density at radius 2 is 2.12 bits per heavy atom. The SMILES string of the molecule is [C-]#[N+]C1(c2ccc(N3C[C@H](Cn4cc(C=O)nn4)OC3=O)cc2)CC1. The Kier molecular flexibility index (Phi) is 3.50. The van der Waals surface area contributed by atoms with Gasteiger partial charge in [0, 0.05) is 24.1 Å². The highest BCUT2D eigenvalue weighted by atomic mass is 16.6. The maximum Gasteiger partial charge on any atom is 0.414 e. The summed E-state index contributed by atoms with van der Waals surface area (Å²) in [6.45, 7) is 8.04. The Labute approximate surface area is 143 Å². The Balaban J connectivity index is 1.45. The van der Waals surface area contributed by atoms with Gasteiger partial charge in [0.05, 0.1) is 19.3 Å². The van der Waals surface area contributed by atoms with Gasteiger partial charge in [-0.2, -0.15) is 0 Å². The molecule has 1 aliphatic heterocycles. The summed E-state index contributed by atoms with van der Waals surface area (Å²) in [5.74, 6) is 0. The predicted octanol–water partition coefficient (Wildman–Crippen LogP) is 2.02. The first-order valence-electron chi connectivity index (χ1n) is 7.96. The standard InChI is InChI=1S/C17H15N5O3/c1-18-17(6-7-17)12-2-4-14(5-3-12)22-10-15(25-16(22)24)9-21-8-13(11-23)19-20-21/h2-5,8,11,15H,6-7,9-10H2/t15-/m0/s1. The van der Waals surface area contributed by atoms with Crippen LogP contribution in [-0.4, -0.2) is 40.0 Å². The van der Waals surface area contributed by atoms with Crippen LogP contribution in [0, 0.1) is 6.57 Å². The third-order valence-corrected chi connectivity index (χ3v) is 4.60. The van der Waals surface area contributed by atoms with Gasteiger partial charge in [0.25, 0.3) is 5.54 Å². The first-order chi connectivity index (χ1) is 12.1. The largest absolute Gasteiger partial charge is 0.442 e. The van der Waals surface area contributed by atoms with Gasteiger partial charge in [0.2, 0.25) is 0 Å². The molecule has 1 aromatic heterocycles. The van der Waals surface area contributed by atoms with Crippen LogP contribution in [0.15, 0.2) is 30.5 Å². The predicted molar refractivity (Wildman–Crippen MR) is 87.0 cm³/mol. The lowest BCUT2D eigenvalue weighted by atomic mass is 10.1. The molecule has 1 aromatic carbocycles. The normalized spacial score (nSPS) is 20.8. The van der Waals surface area contributed by atoms with Crippen LogP contribution in [0.4, 0.5) is 10.5 Å². The van der Waals surface area contributed by atoms with Crippen molar-refractivity contribution in [2.45, 2.75) is 31.0 Å². The van der Waals surface area contributed by atoms with E-state index in [0.717, 1.165) is 24.1 Å². The fourth-order valence-electron chi connectivity index (χ4n) is 3.03. The number of nitrogens with zero attached hydrogens (tertiary/aromatic N) is 5. The number of aromatic nitrogens is 3. The van der Waals surface area contributed by atoms with Crippen molar-refractivity contribution in [3.05, 3.63) is 53.1 Å². The number of carbonyl (C=O) groups is 2. The average Bonchev–Trinajstić information content (AvgIpc) is 3.17. The monoisotopic (exact) mass is 337 g/mol. The second kappa shape index (κ2) is 5.70. The molecule has 0 spiro atoms. The summed E-state index contributed by atoms with van der Waals surface area (Å²) < 4.78 is 6.85. The van der Waals surface area contributed by atoms with Crippen molar-refractivity contribution >= 4 is 18.1 Å². The van der Waals surface area contributed by atoms with Crippen LogP contribution in [0.1, 0.15) is 28.9 Å². The zero-order valence-electron chi connectivity index (χ0n) is 13.3. The number of anilines is 1. The van der Waals surface area contributed by atoms with Crippen molar-refractivity contribution in [1.82, 2.24) is 15.0 Å². The van der Waals surface area contributed by atoms with Gasteiger partial charge in [-0.15, -0.1) is 5.10 Å². The van der Waals surface area contributed by atoms with Crippen LogP contribution in [0.25, 0.3) is 4.85 Å². The van der Waals surface area contributed by atoms with Crippen molar-refractivity contribution in [3.63, 3.8) is 0 Å². The van der Waals surface area contributed by atoms with Crippen LogP contribution in [-0.2, 0) is 16.8 Å². The number of aldehydes is 1. The maximum absolute atomic E-state index is 12.1. The smallest absolute Gasteiger partial charge is 0.414 e. The molecule has 8 nitrogen and oxygen atoms in total. The molecule has 2 aromatic rings. The quantitative estimate of drug-likeness (QED) is 0.616. The molecule has 8 heteroatoms. The van der Waals surface area contributed by atoms with E-state index in [9.17, 15) is 9.59 Å². The Morgan fingerprint density at radius 3 is 2.72 bits per heavy atom. The molecule has 126 valence electrons. The van der Waals surface area contributed by atoms with Crippen molar-refractivity contribution in [1.29, 1.82) is 0 Å². The summed E-state index contributed by atoms with van der Waals surface area (Å²) in [5, 5.41) is 7.51. The van der Waals surface area contributed by atoms with E-state index in [0.29, 0.717) is 19.4 Å². The Morgan fingerprint density at radius 1 is 1.36 bits per heavy atom. The second-order valence-corrected chi connectivity index (χ2v) is 6.29. The molecule has 1 saturated heterocycles. The zero-order valence-corrected chi connectivity index (χ0v) is 13.3. The average molecular weight is 337 g/mol. The zero-order chi connectivity index (χ0) is 17.4. The third-order valence-electron chi connectivity index (χ3n) is 4.60. The number of cyclic esters (lactones) is 1. The highest BCUT2D eigenvalue weighted by molar-refractivity contribution is 5.89. The van der Waals surface area contributed by atoms with E-state index in [-0.39, 0.29) is 17.3 Å². The van der Waals surface area contributed by atoms with Gasteiger partial charge in [-0.3, -0.25) is 9.69 Å². The molecular formula is C17H15N5O3. The van der Waals surface area contributed by atoms with Crippen molar-refractivity contribution in [2.75, 3.05) is 11.4 Å². The molecule has 25 heavy (non-hydrogen) atoms. The number of rotatable bonds is 5. The van der Waals surface area contributed by atoms with Gasteiger partial charge in [-0.05, 0) is 24.3 Å². The van der Waals surface area contributed by atoms with Crippen molar-refractivity contribution in [3.8, 4) is 0 Å². The molecule has 1 aliphatic carbocycles. The van der Waals surface area contributed by atoms with Crippen LogP contribution in [0.3, 0.4) is 0 Å².